The van der Waals surface area contributed by atoms with Gasteiger partial charge in [-0.15, -0.1) is 0 Å². The molecule has 0 bridgehead atoms. The fourth-order valence-corrected chi connectivity index (χ4v) is 7.74. The molecule has 0 aliphatic carbocycles. The summed E-state index contributed by atoms with van der Waals surface area (Å²) < 4.78 is 48.5. The first-order valence-electron chi connectivity index (χ1n) is 18.6. The number of rotatable bonds is 6. The second-order valence-corrected chi connectivity index (χ2v) is 14.3. The first-order valence-corrected chi connectivity index (χ1v) is 18.6. The lowest BCUT2D eigenvalue weighted by atomic mass is 10.0. The van der Waals surface area contributed by atoms with E-state index in [1.807, 2.05) is 96.4 Å². The van der Waals surface area contributed by atoms with Gasteiger partial charge in [-0.05, 0) is 122 Å². The quantitative estimate of drug-likeness (QED) is 0.170. The highest BCUT2D eigenvalue weighted by molar-refractivity contribution is 5.90. The molecule has 9 heteroatoms. The van der Waals surface area contributed by atoms with E-state index < -0.39 is 11.7 Å². The van der Waals surface area contributed by atoms with Gasteiger partial charge in [-0.1, -0.05) is 66.7 Å². The van der Waals surface area contributed by atoms with Gasteiger partial charge in [0, 0.05) is 33.8 Å². The molecular formula is C48H33F3N6. The van der Waals surface area contributed by atoms with Crippen LogP contribution in [0, 0.1) is 13.8 Å². The van der Waals surface area contributed by atoms with Crippen molar-refractivity contribution in [3.8, 4) is 51.2 Å². The van der Waals surface area contributed by atoms with E-state index in [0.717, 1.165) is 73.5 Å². The number of nitrogens with zero attached hydrogens (tertiary/aromatic N) is 6. The molecule has 0 unspecified atom stereocenters. The molecule has 0 aliphatic rings. The summed E-state index contributed by atoms with van der Waals surface area (Å²) in [6.45, 7) is 4.11. The van der Waals surface area contributed by atoms with Crippen molar-refractivity contribution in [2.24, 2.45) is 0 Å². The van der Waals surface area contributed by atoms with Crippen LogP contribution in [0.5, 0.6) is 0 Å². The molecule has 0 radical (unpaired) electrons. The van der Waals surface area contributed by atoms with Gasteiger partial charge in [0.1, 0.15) is 17.5 Å². The lowest BCUT2D eigenvalue weighted by Gasteiger charge is -2.15. The minimum atomic E-state index is -4.53. The lowest BCUT2D eigenvalue weighted by Crippen LogP contribution is -2.04. The molecule has 10 rings (SSSR count). The third-order valence-electron chi connectivity index (χ3n) is 10.4. The SMILES string of the molecule is Cc1ccc2c(c1)nc(-c1cc(-c3nc4cc(C(F)(F)F)ccc4n3-c3ccccc3)cc(-c3nc4ccc(C)cc4n3-c3ccccc3)c1)n2-c1ccccc1. The van der Waals surface area contributed by atoms with E-state index in [9.17, 15) is 13.2 Å². The van der Waals surface area contributed by atoms with Gasteiger partial charge in [-0.3, -0.25) is 13.7 Å². The Hall–Kier alpha value is -7.26. The van der Waals surface area contributed by atoms with Crippen LogP contribution in [0.4, 0.5) is 13.2 Å². The summed E-state index contributed by atoms with van der Waals surface area (Å²) in [5.74, 6) is 1.88. The van der Waals surface area contributed by atoms with Crippen LogP contribution >= 0.6 is 0 Å². The molecule has 0 spiro atoms. The summed E-state index contributed by atoms with van der Waals surface area (Å²) in [5, 5.41) is 0. The first-order chi connectivity index (χ1) is 27.7. The molecular weight excluding hydrogens is 718 g/mol. The third kappa shape index (κ3) is 5.95. The minimum Gasteiger partial charge on any atom is -0.292 e. The molecule has 57 heavy (non-hydrogen) atoms. The zero-order valence-corrected chi connectivity index (χ0v) is 30.9. The third-order valence-corrected chi connectivity index (χ3v) is 10.4. The topological polar surface area (TPSA) is 53.5 Å². The smallest absolute Gasteiger partial charge is 0.292 e. The van der Waals surface area contributed by atoms with E-state index in [1.165, 1.54) is 6.07 Å². The van der Waals surface area contributed by atoms with E-state index in [0.29, 0.717) is 28.6 Å². The molecule has 0 atom stereocenters. The minimum absolute atomic E-state index is 0.231. The Bertz CT molecular complexity index is 3100. The molecule has 10 aromatic rings. The van der Waals surface area contributed by atoms with E-state index in [2.05, 4.69) is 76.7 Å². The van der Waals surface area contributed by atoms with Gasteiger partial charge in [0.2, 0.25) is 0 Å². The summed E-state index contributed by atoms with van der Waals surface area (Å²) in [4.78, 5) is 15.5. The van der Waals surface area contributed by atoms with Crippen LogP contribution in [0.25, 0.3) is 84.3 Å². The maximum atomic E-state index is 14.1. The van der Waals surface area contributed by atoms with E-state index >= 15 is 0 Å². The standard InChI is InChI=1S/C48H33F3N6/c1-30-19-22-42-40(24-30)53-46(55(42)36-12-6-3-7-13-36)33-26-32(45-52-39-21-18-31(2)25-44(39)57(45)38-16-10-5-11-17-38)27-34(28-33)47-54-41-29-35(48(49,50)51)20-23-43(41)56(47)37-14-8-4-9-15-37/h3-29H,1-2H3. The Labute approximate surface area is 325 Å². The average molecular weight is 751 g/mol. The van der Waals surface area contributed by atoms with Gasteiger partial charge < -0.3 is 0 Å². The summed E-state index contributed by atoms with van der Waals surface area (Å²) in [7, 11) is 0. The van der Waals surface area contributed by atoms with Crippen molar-refractivity contribution in [1.29, 1.82) is 0 Å². The van der Waals surface area contributed by atoms with Crippen LogP contribution in [0.2, 0.25) is 0 Å². The van der Waals surface area contributed by atoms with Gasteiger partial charge in [0.25, 0.3) is 0 Å². The predicted octanol–water partition coefficient (Wildman–Crippen LogP) is 12.3. The molecule has 7 aromatic carbocycles. The van der Waals surface area contributed by atoms with Gasteiger partial charge in [0.15, 0.2) is 0 Å². The van der Waals surface area contributed by atoms with Crippen LogP contribution in [-0.2, 0) is 6.18 Å². The van der Waals surface area contributed by atoms with Crippen molar-refractivity contribution in [2.45, 2.75) is 20.0 Å². The van der Waals surface area contributed by atoms with Crippen LogP contribution in [0.1, 0.15) is 16.7 Å². The van der Waals surface area contributed by atoms with Crippen LogP contribution in [0.3, 0.4) is 0 Å². The van der Waals surface area contributed by atoms with Crippen molar-refractivity contribution in [1.82, 2.24) is 28.7 Å². The number of halogens is 3. The molecule has 3 heterocycles. The number of aryl methyl sites for hydroxylation is 2. The second kappa shape index (κ2) is 13.2. The van der Waals surface area contributed by atoms with E-state index in [-0.39, 0.29) is 5.52 Å². The molecule has 0 fully saturated rings. The molecule has 0 saturated heterocycles. The first kappa shape index (κ1) is 34.2. The van der Waals surface area contributed by atoms with Crippen molar-refractivity contribution in [3.05, 3.63) is 180 Å². The van der Waals surface area contributed by atoms with E-state index in [1.54, 1.807) is 0 Å². The number of hydrogen-bond acceptors (Lipinski definition) is 3. The number of fused-ring (bicyclic) bond motifs is 3. The number of benzene rings is 7. The Balaban J connectivity index is 1.32. The highest BCUT2D eigenvalue weighted by atomic mass is 19.4. The van der Waals surface area contributed by atoms with Crippen molar-refractivity contribution in [3.63, 3.8) is 0 Å². The largest absolute Gasteiger partial charge is 0.416 e. The maximum Gasteiger partial charge on any atom is 0.416 e. The maximum absolute atomic E-state index is 14.1. The van der Waals surface area contributed by atoms with Gasteiger partial charge in [-0.2, -0.15) is 13.2 Å². The Morgan fingerprint density at radius 1 is 0.386 bits per heavy atom. The van der Waals surface area contributed by atoms with E-state index in [4.69, 9.17) is 15.0 Å². The van der Waals surface area contributed by atoms with Crippen molar-refractivity contribution in [2.75, 3.05) is 0 Å². The summed E-state index contributed by atoms with van der Waals surface area (Å²) >= 11 is 0. The molecule has 0 amide bonds. The summed E-state index contributed by atoms with van der Waals surface area (Å²) in [6, 6.07) is 52.2. The average Bonchev–Trinajstić information content (AvgIpc) is 3.92. The normalized spacial score (nSPS) is 11.9. The van der Waals surface area contributed by atoms with Gasteiger partial charge >= 0.3 is 6.18 Å². The van der Waals surface area contributed by atoms with Crippen LogP contribution < -0.4 is 0 Å². The molecule has 0 N–H and O–H groups in total. The highest BCUT2D eigenvalue weighted by Crippen LogP contribution is 2.40. The number of alkyl halides is 3. The second-order valence-electron chi connectivity index (χ2n) is 14.3. The van der Waals surface area contributed by atoms with Crippen molar-refractivity contribution < 1.29 is 13.2 Å². The molecule has 276 valence electrons. The number of aromatic nitrogens is 6. The Morgan fingerprint density at radius 2 is 0.789 bits per heavy atom. The lowest BCUT2D eigenvalue weighted by molar-refractivity contribution is -0.137. The Kier molecular flexibility index (Phi) is 7.93. The monoisotopic (exact) mass is 750 g/mol. The summed E-state index contributed by atoms with van der Waals surface area (Å²) in [6.07, 6.45) is -4.53. The fourth-order valence-electron chi connectivity index (χ4n) is 7.74. The van der Waals surface area contributed by atoms with Gasteiger partial charge in [-0.25, -0.2) is 15.0 Å². The molecule has 0 saturated carbocycles. The van der Waals surface area contributed by atoms with Gasteiger partial charge in [0.05, 0.1) is 38.7 Å². The molecule has 6 nitrogen and oxygen atoms in total. The van der Waals surface area contributed by atoms with Crippen molar-refractivity contribution >= 4 is 33.1 Å². The Morgan fingerprint density at radius 3 is 1.28 bits per heavy atom. The number of imidazole rings is 3. The predicted molar refractivity (Wildman–Crippen MR) is 221 cm³/mol. The molecule has 3 aromatic heterocycles. The number of hydrogen-bond donors (Lipinski definition) is 0. The van der Waals surface area contributed by atoms with Crippen LogP contribution in [-0.4, -0.2) is 28.7 Å². The van der Waals surface area contributed by atoms with Crippen LogP contribution in [0.15, 0.2) is 164 Å². The zero-order valence-electron chi connectivity index (χ0n) is 30.9. The highest BCUT2D eigenvalue weighted by Gasteiger charge is 2.31. The zero-order chi connectivity index (χ0) is 38.8. The summed E-state index contributed by atoms with van der Waals surface area (Å²) in [5.41, 5.74) is 10.7. The fraction of sp³-hybridized carbons (Fsp3) is 0.0625. The molecule has 0 aliphatic heterocycles. The number of para-hydroxylation sites is 3.